The molecule has 0 bridgehead atoms. The largest absolute Gasteiger partial charge is 0.338 e. The lowest BCUT2D eigenvalue weighted by Gasteiger charge is -2.02. The van der Waals surface area contributed by atoms with Crippen LogP contribution in [0.5, 0.6) is 0 Å². The number of nitrogens with one attached hydrogen (secondary N) is 1. The summed E-state index contributed by atoms with van der Waals surface area (Å²) in [4.78, 5) is 11.6. The van der Waals surface area contributed by atoms with Crippen LogP contribution in [0.2, 0.25) is 0 Å². The van der Waals surface area contributed by atoms with E-state index in [1.807, 2.05) is 12.1 Å². The van der Waals surface area contributed by atoms with E-state index in [1.165, 1.54) is 5.57 Å². The molecule has 0 amide bonds. The van der Waals surface area contributed by atoms with Gasteiger partial charge >= 0.3 is 0 Å². The number of H-pyrrole nitrogens is 1. The second-order valence-electron chi connectivity index (χ2n) is 2.95. The normalized spacial score (nSPS) is 14.3. The van der Waals surface area contributed by atoms with Crippen molar-refractivity contribution >= 4 is 16.7 Å². The highest BCUT2D eigenvalue weighted by atomic mass is 14.9. The minimum absolute atomic E-state index is 0.846. The van der Waals surface area contributed by atoms with Crippen LogP contribution in [0.3, 0.4) is 0 Å². The fraction of sp³-hybridized carbons (Fsp3) is 0. The molecule has 1 N–H and O–H groups in total. The van der Waals surface area contributed by atoms with Crippen molar-refractivity contribution in [3.8, 4) is 0 Å². The molecule has 3 rings (SSSR count). The summed E-state index contributed by atoms with van der Waals surface area (Å²) in [5.41, 5.74) is 4.06. The van der Waals surface area contributed by atoms with Gasteiger partial charge < -0.3 is 4.98 Å². The summed E-state index contributed by atoms with van der Waals surface area (Å²) in [5.74, 6) is 0. The van der Waals surface area contributed by atoms with Crippen molar-refractivity contribution in [2.75, 3.05) is 0 Å². The van der Waals surface area contributed by atoms with E-state index in [0.717, 1.165) is 16.9 Å². The summed E-state index contributed by atoms with van der Waals surface area (Å²) in [7, 11) is 0. The van der Waals surface area contributed by atoms with E-state index in [1.54, 1.807) is 12.4 Å². The zero-order valence-electron chi connectivity index (χ0n) is 6.86. The molecule has 2 heterocycles. The predicted molar refractivity (Wildman–Crippen MR) is 51.0 cm³/mol. The molecule has 1 aliphatic rings. The van der Waals surface area contributed by atoms with E-state index in [0.29, 0.717) is 0 Å². The Balaban J connectivity index is 2.22. The third-order valence-corrected chi connectivity index (χ3v) is 2.12. The summed E-state index contributed by atoms with van der Waals surface area (Å²) in [6, 6.07) is 2.01. The number of aromatic nitrogens is 3. The molecule has 1 aliphatic carbocycles. The Morgan fingerprint density at radius 2 is 2.00 bits per heavy atom. The van der Waals surface area contributed by atoms with Crippen LogP contribution in [0.4, 0.5) is 0 Å². The zero-order chi connectivity index (χ0) is 8.67. The molecule has 0 radical (unpaired) electrons. The number of allylic oxidation sites excluding steroid dienone is 4. The topological polar surface area (TPSA) is 41.6 Å². The molecule has 3 heteroatoms. The van der Waals surface area contributed by atoms with Gasteiger partial charge in [0.1, 0.15) is 5.52 Å². The Kier molecular flexibility index (Phi) is 1.16. The van der Waals surface area contributed by atoms with Gasteiger partial charge in [0.25, 0.3) is 0 Å². The molecule has 13 heavy (non-hydrogen) atoms. The Morgan fingerprint density at radius 3 is 2.69 bits per heavy atom. The molecule has 0 spiro atoms. The summed E-state index contributed by atoms with van der Waals surface area (Å²) in [5, 5.41) is 0. The number of hydrogen-bond acceptors (Lipinski definition) is 2. The van der Waals surface area contributed by atoms with Crippen LogP contribution in [0.1, 0.15) is 5.69 Å². The van der Waals surface area contributed by atoms with Crippen molar-refractivity contribution in [3.05, 3.63) is 42.4 Å². The SMILES string of the molecule is C1=CC(c2cc3nccnc3[nH]2)=C1. The lowest BCUT2D eigenvalue weighted by Crippen LogP contribution is -1.85. The van der Waals surface area contributed by atoms with E-state index in [-0.39, 0.29) is 0 Å². The molecule has 0 aliphatic heterocycles. The average Bonchev–Trinajstić information content (AvgIpc) is 2.43. The molecular formula is C10H7N3. The smallest absolute Gasteiger partial charge is 0.156 e. The van der Waals surface area contributed by atoms with Crippen LogP contribution >= 0.6 is 0 Å². The summed E-state index contributed by atoms with van der Waals surface area (Å²) in [6.07, 6.45) is 9.52. The Labute approximate surface area is 74.8 Å². The van der Waals surface area contributed by atoms with Crippen LogP contribution in [-0.2, 0) is 0 Å². The third kappa shape index (κ3) is 0.902. The Hall–Kier alpha value is -1.90. The average molecular weight is 169 g/mol. The monoisotopic (exact) mass is 169 g/mol. The van der Waals surface area contributed by atoms with Gasteiger partial charge in [-0.3, -0.25) is 4.98 Å². The second-order valence-corrected chi connectivity index (χ2v) is 2.95. The van der Waals surface area contributed by atoms with Gasteiger partial charge in [-0.15, -0.1) is 0 Å². The molecule has 0 unspecified atom stereocenters. The van der Waals surface area contributed by atoms with Crippen LogP contribution in [-0.4, -0.2) is 15.0 Å². The molecule has 0 saturated heterocycles. The quantitative estimate of drug-likeness (QED) is 0.708. The van der Waals surface area contributed by atoms with Crippen molar-refractivity contribution in [3.63, 3.8) is 0 Å². The molecule has 62 valence electrons. The van der Waals surface area contributed by atoms with E-state index in [2.05, 4.69) is 27.1 Å². The fourth-order valence-corrected chi connectivity index (χ4v) is 1.38. The van der Waals surface area contributed by atoms with Gasteiger partial charge in [-0.1, -0.05) is 18.2 Å². The highest BCUT2D eigenvalue weighted by molar-refractivity contribution is 5.85. The standard InChI is InChI=1S/C10H7N3/c1-2-7(3-1)8-6-9-10(13-8)12-5-4-11-9/h1-6H,(H,12,13). The van der Waals surface area contributed by atoms with Gasteiger partial charge in [-0.05, 0) is 11.6 Å². The first-order valence-electron chi connectivity index (χ1n) is 4.12. The fourth-order valence-electron chi connectivity index (χ4n) is 1.38. The van der Waals surface area contributed by atoms with Crippen LogP contribution in [0.15, 0.2) is 36.7 Å². The summed E-state index contributed by atoms with van der Waals surface area (Å²) >= 11 is 0. The zero-order valence-corrected chi connectivity index (χ0v) is 6.86. The first-order chi connectivity index (χ1) is 6.43. The third-order valence-electron chi connectivity index (χ3n) is 2.12. The Bertz CT molecular complexity index is 487. The highest BCUT2D eigenvalue weighted by Gasteiger charge is 2.06. The maximum absolute atomic E-state index is 4.20. The van der Waals surface area contributed by atoms with Gasteiger partial charge in [-0.25, -0.2) is 4.98 Å². The van der Waals surface area contributed by atoms with Crippen molar-refractivity contribution in [2.24, 2.45) is 0 Å². The van der Waals surface area contributed by atoms with Gasteiger partial charge in [0.05, 0.1) is 0 Å². The second kappa shape index (κ2) is 2.29. The number of nitrogens with zero attached hydrogens (tertiary/aromatic N) is 2. The molecular weight excluding hydrogens is 162 g/mol. The number of rotatable bonds is 1. The molecule has 2 aromatic heterocycles. The minimum Gasteiger partial charge on any atom is -0.338 e. The summed E-state index contributed by atoms with van der Waals surface area (Å²) in [6.45, 7) is 0. The molecule has 0 atom stereocenters. The first kappa shape index (κ1) is 6.60. The summed E-state index contributed by atoms with van der Waals surface area (Å²) < 4.78 is 0. The number of aromatic amines is 1. The molecule has 2 aromatic rings. The van der Waals surface area contributed by atoms with Crippen molar-refractivity contribution in [1.82, 2.24) is 15.0 Å². The minimum atomic E-state index is 0.846. The molecule has 0 aromatic carbocycles. The molecule has 0 saturated carbocycles. The van der Waals surface area contributed by atoms with Gasteiger partial charge in [0, 0.05) is 18.1 Å². The van der Waals surface area contributed by atoms with Crippen molar-refractivity contribution in [2.45, 2.75) is 0 Å². The van der Waals surface area contributed by atoms with E-state index in [9.17, 15) is 0 Å². The van der Waals surface area contributed by atoms with Crippen LogP contribution < -0.4 is 0 Å². The van der Waals surface area contributed by atoms with Crippen molar-refractivity contribution < 1.29 is 0 Å². The van der Waals surface area contributed by atoms with Gasteiger partial charge in [0.2, 0.25) is 0 Å². The van der Waals surface area contributed by atoms with Gasteiger partial charge in [0.15, 0.2) is 5.65 Å². The van der Waals surface area contributed by atoms with E-state index < -0.39 is 0 Å². The number of hydrogen-bond donors (Lipinski definition) is 1. The lowest BCUT2D eigenvalue weighted by molar-refractivity contribution is 1.25. The highest BCUT2D eigenvalue weighted by Crippen LogP contribution is 2.23. The van der Waals surface area contributed by atoms with E-state index >= 15 is 0 Å². The van der Waals surface area contributed by atoms with Crippen molar-refractivity contribution in [1.29, 1.82) is 0 Å². The molecule has 0 fully saturated rings. The number of fused-ring (bicyclic) bond motifs is 1. The Morgan fingerprint density at radius 1 is 1.15 bits per heavy atom. The van der Waals surface area contributed by atoms with Crippen LogP contribution in [0.25, 0.3) is 16.7 Å². The lowest BCUT2D eigenvalue weighted by atomic mass is 10.1. The predicted octanol–water partition coefficient (Wildman–Crippen LogP) is 1.91. The first-order valence-corrected chi connectivity index (χ1v) is 4.12. The maximum Gasteiger partial charge on any atom is 0.156 e. The molecule has 3 nitrogen and oxygen atoms in total. The van der Waals surface area contributed by atoms with Gasteiger partial charge in [-0.2, -0.15) is 0 Å². The maximum atomic E-state index is 4.20. The van der Waals surface area contributed by atoms with Crippen LogP contribution in [0, 0.1) is 0 Å². The van der Waals surface area contributed by atoms with E-state index in [4.69, 9.17) is 0 Å².